The number of hydrogen-bond acceptors (Lipinski definition) is 1. The standard InChI is InChI=1S/C65H47N/c1-64(2)54-32-13-12-30-52(54)63-53(31-20-36-58(63)64)62(46-24-19-23-44(41-46)43-21-5-3-6-22-43)51-29-10-9-27-48(51)45-39-40-50-49-28-11-14-33-55(49)65(59(50)42-45)56-34-15-17-37-60(56)66(47-25-7-4-8-26-47)61-38-18-16-35-57(61)65/h3-42,62H,1-2H3. The number of rotatable bonds is 6. The Morgan fingerprint density at radius 2 is 0.864 bits per heavy atom. The number of anilines is 3. The third-order valence-corrected chi connectivity index (χ3v) is 15.0. The van der Waals surface area contributed by atoms with Gasteiger partial charge in [-0.25, -0.2) is 0 Å². The van der Waals surface area contributed by atoms with Crippen molar-refractivity contribution in [3.63, 3.8) is 0 Å². The van der Waals surface area contributed by atoms with Crippen LogP contribution in [0.5, 0.6) is 0 Å². The summed E-state index contributed by atoms with van der Waals surface area (Å²) in [6.45, 7) is 4.78. The van der Waals surface area contributed by atoms with E-state index in [2.05, 4.69) is 261 Å². The van der Waals surface area contributed by atoms with Crippen molar-refractivity contribution in [1.29, 1.82) is 0 Å². The van der Waals surface area contributed by atoms with Gasteiger partial charge >= 0.3 is 0 Å². The topological polar surface area (TPSA) is 3.24 Å². The molecular weight excluding hydrogens is 795 g/mol. The lowest BCUT2D eigenvalue weighted by Crippen LogP contribution is -2.36. The molecule has 1 aliphatic heterocycles. The highest BCUT2D eigenvalue weighted by molar-refractivity contribution is 5.97. The lowest BCUT2D eigenvalue weighted by atomic mass is 9.64. The summed E-state index contributed by atoms with van der Waals surface area (Å²) in [4.78, 5) is 2.46. The summed E-state index contributed by atoms with van der Waals surface area (Å²) in [5, 5.41) is 0. The third kappa shape index (κ3) is 5.47. The second kappa shape index (κ2) is 14.8. The molecular formula is C65H47N. The van der Waals surface area contributed by atoms with Crippen LogP contribution in [0.15, 0.2) is 243 Å². The Morgan fingerprint density at radius 1 is 0.333 bits per heavy atom. The monoisotopic (exact) mass is 841 g/mol. The minimum atomic E-state index is -0.547. The molecule has 1 unspecified atom stereocenters. The summed E-state index contributed by atoms with van der Waals surface area (Å²) in [7, 11) is 0. The van der Waals surface area contributed by atoms with Gasteiger partial charge in [0.15, 0.2) is 0 Å². The Morgan fingerprint density at radius 3 is 1.61 bits per heavy atom. The highest BCUT2D eigenvalue weighted by atomic mass is 15.2. The van der Waals surface area contributed by atoms with Gasteiger partial charge in [0.1, 0.15) is 0 Å². The molecule has 0 bridgehead atoms. The van der Waals surface area contributed by atoms with Crippen LogP contribution < -0.4 is 4.90 Å². The number of hydrogen-bond donors (Lipinski definition) is 0. The predicted molar refractivity (Wildman–Crippen MR) is 274 cm³/mol. The Kier molecular flexibility index (Phi) is 8.61. The van der Waals surface area contributed by atoms with Gasteiger partial charge in [-0.15, -0.1) is 0 Å². The third-order valence-electron chi connectivity index (χ3n) is 15.0. The fourth-order valence-electron chi connectivity index (χ4n) is 12.2. The van der Waals surface area contributed by atoms with Crippen molar-refractivity contribution >= 4 is 17.1 Å². The van der Waals surface area contributed by atoms with Crippen molar-refractivity contribution in [3.05, 3.63) is 293 Å². The summed E-state index contributed by atoms with van der Waals surface area (Å²) in [6, 6.07) is 91.0. The lowest BCUT2D eigenvalue weighted by molar-refractivity contribution is 0.659. The summed E-state index contributed by atoms with van der Waals surface area (Å²) in [6.07, 6.45) is 0. The molecule has 10 aromatic carbocycles. The molecule has 0 saturated heterocycles. The fraction of sp³-hybridized carbons (Fsp3) is 0.0769. The van der Waals surface area contributed by atoms with Crippen molar-refractivity contribution < 1.29 is 0 Å². The van der Waals surface area contributed by atoms with Gasteiger partial charge in [0.05, 0.1) is 16.8 Å². The molecule has 312 valence electrons. The molecule has 1 spiro atoms. The van der Waals surface area contributed by atoms with E-state index >= 15 is 0 Å². The molecule has 0 radical (unpaired) electrons. The van der Waals surface area contributed by atoms with Crippen molar-refractivity contribution in [2.45, 2.75) is 30.6 Å². The second-order valence-corrected chi connectivity index (χ2v) is 18.7. The van der Waals surface area contributed by atoms with Gasteiger partial charge in [0.2, 0.25) is 0 Å². The van der Waals surface area contributed by atoms with E-state index in [1.165, 1.54) is 106 Å². The van der Waals surface area contributed by atoms with E-state index in [9.17, 15) is 0 Å². The van der Waals surface area contributed by atoms with Crippen LogP contribution in [0, 0.1) is 0 Å². The van der Waals surface area contributed by atoms with Crippen molar-refractivity contribution in [2.24, 2.45) is 0 Å². The zero-order chi connectivity index (χ0) is 44.0. The summed E-state index contributed by atoms with van der Waals surface area (Å²) < 4.78 is 0. The molecule has 13 rings (SSSR count). The smallest absolute Gasteiger partial charge is 0.0754 e. The molecule has 1 heteroatoms. The zero-order valence-corrected chi connectivity index (χ0v) is 37.1. The highest BCUT2D eigenvalue weighted by Gasteiger charge is 2.52. The van der Waals surface area contributed by atoms with Gasteiger partial charge in [-0.2, -0.15) is 0 Å². The Balaban J connectivity index is 1.07. The van der Waals surface area contributed by atoms with Crippen LogP contribution in [0.3, 0.4) is 0 Å². The largest absolute Gasteiger partial charge is 0.310 e. The molecule has 3 aliphatic rings. The quantitative estimate of drug-likeness (QED) is 0.151. The Labute approximate surface area is 388 Å². The van der Waals surface area contributed by atoms with Crippen LogP contribution in [0.2, 0.25) is 0 Å². The summed E-state index contributed by atoms with van der Waals surface area (Å²) in [5.74, 6) is -0.0586. The molecule has 0 fully saturated rings. The predicted octanol–water partition coefficient (Wildman–Crippen LogP) is 16.7. The SMILES string of the molecule is CC1(C)c2ccccc2-c2c(C(c3cccc(-c4ccccc4)c3)c3ccccc3-c3ccc4c(c3)C3(c5ccccc5-4)c4ccccc4N(c4ccccc4)c4ccccc43)cccc21. The lowest BCUT2D eigenvalue weighted by Gasteiger charge is -2.45. The second-order valence-electron chi connectivity index (χ2n) is 18.7. The first-order valence-corrected chi connectivity index (χ1v) is 23.3. The van der Waals surface area contributed by atoms with Crippen LogP contribution in [0.25, 0.3) is 44.5 Å². The normalized spacial score (nSPS) is 14.7. The Hall–Kier alpha value is -8.00. The maximum atomic E-state index is 2.55. The molecule has 0 amide bonds. The van der Waals surface area contributed by atoms with E-state index in [-0.39, 0.29) is 11.3 Å². The Bertz CT molecular complexity index is 3480. The van der Waals surface area contributed by atoms with Crippen LogP contribution in [0.4, 0.5) is 17.1 Å². The molecule has 66 heavy (non-hydrogen) atoms. The molecule has 0 N–H and O–H groups in total. The number of nitrogens with zero attached hydrogens (tertiary/aromatic N) is 1. The van der Waals surface area contributed by atoms with Crippen molar-refractivity contribution in [2.75, 3.05) is 4.90 Å². The van der Waals surface area contributed by atoms with Gasteiger partial charge in [-0.1, -0.05) is 226 Å². The molecule has 1 nitrogen and oxygen atoms in total. The van der Waals surface area contributed by atoms with E-state index in [0.717, 1.165) is 5.69 Å². The minimum Gasteiger partial charge on any atom is -0.310 e. The summed E-state index contributed by atoms with van der Waals surface area (Å²) >= 11 is 0. The highest BCUT2D eigenvalue weighted by Crippen LogP contribution is 2.64. The van der Waals surface area contributed by atoms with Crippen LogP contribution in [0.1, 0.15) is 69.8 Å². The van der Waals surface area contributed by atoms with E-state index in [1.807, 2.05) is 0 Å². The van der Waals surface area contributed by atoms with E-state index in [1.54, 1.807) is 0 Å². The maximum Gasteiger partial charge on any atom is 0.0754 e. The fourth-order valence-corrected chi connectivity index (χ4v) is 12.2. The molecule has 2 aliphatic carbocycles. The van der Waals surface area contributed by atoms with Gasteiger partial charge in [0.25, 0.3) is 0 Å². The van der Waals surface area contributed by atoms with Crippen LogP contribution in [-0.2, 0) is 10.8 Å². The minimum absolute atomic E-state index is 0.0586. The van der Waals surface area contributed by atoms with Gasteiger partial charge in [-0.05, 0) is 125 Å². The van der Waals surface area contributed by atoms with Gasteiger partial charge in [0, 0.05) is 17.0 Å². The van der Waals surface area contributed by atoms with Gasteiger partial charge < -0.3 is 4.90 Å². The molecule has 10 aromatic rings. The molecule has 0 aromatic heterocycles. The first-order valence-electron chi connectivity index (χ1n) is 23.3. The first-order chi connectivity index (χ1) is 32.5. The number of fused-ring (bicyclic) bond motifs is 12. The number of benzene rings is 10. The van der Waals surface area contributed by atoms with Crippen molar-refractivity contribution in [3.8, 4) is 44.5 Å². The van der Waals surface area contributed by atoms with E-state index in [0.29, 0.717) is 0 Å². The van der Waals surface area contributed by atoms with Gasteiger partial charge in [-0.3, -0.25) is 0 Å². The molecule has 1 atom stereocenters. The van der Waals surface area contributed by atoms with E-state index < -0.39 is 5.41 Å². The maximum absolute atomic E-state index is 2.55. The number of para-hydroxylation sites is 3. The molecule has 1 heterocycles. The first kappa shape index (κ1) is 38.5. The van der Waals surface area contributed by atoms with Crippen molar-refractivity contribution in [1.82, 2.24) is 0 Å². The van der Waals surface area contributed by atoms with Crippen LogP contribution >= 0.6 is 0 Å². The summed E-state index contributed by atoms with van der Waals surface area (Å²) in [5.41, 5.74) is 25.0. The van der Waals surface area contributed by atoms with Crippen LogP contribution in [-0.4, -0.2) is 0 Å². The average Bonchev–Trinajstić information content (AvgIpc) is 3.80. The molecule has 0 saturated carbocycles. The zero-order valence-electron chi connectivity index (χ0n) is 37.1. The van der Waals surface area contributed by atoms with E-state index in [4.69, 9.17) is 0 Å². The average molecular weight is 842 g/mol.